The van der Waals surface area contributed by atoms with Gasteiger partial charge in [-0.1, -0.05) is 18.5 Å². The zero-order chi connectivity index (χ0) is 21.5. The predicted octanol–water partition coefficient (Wildman–Crippen LogP) is 3.52. The number of benzene rings is 1. The van der Waals surface area contributed by atoms with Crippen molar-refractivity contribution in [2.24, 2.45) is 5.73 Å². The van der Waals surface area contributed by atoms with Crippen molar-refractivity contribution >= 4 is 45.0 Å². The van der Waals surface area contributed by atoms with Crippen LogP contribution in [0.25, 0.3) is 21.8 Å². The zero-order valence-corrected chi connectivity index (χ0v) is 18.3. The number of nitrogens with zero attached hydrogens (tertiary/aromatic N) is 2. The maximum atomic E-state index is 13.3. The molecule has 0 spiro atoms. The predicted molar refractivity (Wildman–Crippen MR) is 121 cm³/mol. The van der Waals surface area contributed by atoms with Crippen LogP contribution in [0.5, 0.6) is 0 Å². The average Bonchev–Trinajstić information content (AvgIpc) is 3.06. The van der Waals surface area contributed by atoms with E-state index in [0.29, 0.717) is 30.4 Å². The first kappa shape index (κ1) is 21.1. The summed E-state index contributed by atoms with van der Waals surface area (Å²) in [5.74, 6) is -0.130. The highest BCUT2D eigenvalue weighted by Gasteiger charge is 2.38. The molecule has 0 aliphatic carbocycles. The number of rotatable bonds is 5. The van der Waals surface area contributed by atoms with Crippen molar-refractivity contribution in [2.75, 3.05) is 25.0 Å². The molecule has 160 valence electrons. The van der Waals surface area contributed by atoms with Crippen LogP contribution in [0.2, 0.25) is 5.02 Å². The van der Waals surface area contributed by atoms with Gasteiger partial charge in [0, 0.05) is 41.1 Å². The van der Waals surface area contributed by atoms with E-state index in [-0.39, 0.29) is 17.6 Å². The zero-order valence-electron chi connectivity index (χ0n) is 17.5. The second-order valence-corrected chi connectivity index (χ2v) is 9.03. The van der Waals surface area contributed by atoms with Crippen molar-refractivity contribution in [1.82, 2.24) is 14.9 Å². The lowest BCUT2D eigenvalue weighted by Crippen LogP contribution is -2.60. The van der Waals surface area contributed by atoms with Gasteiger partial charge in [0.25, 0.3) is 0 Å². The number of halogens is 1. The number of carbonyl (C=O) groups is 1. The molecule has 0 saturated carbocycles. The fourth-order valence-electron chi connectivity index (χ4n) is 4.05. The largest absolute Gasteiger partial charge is 0.372 e. The molecule has 8 heteroatoms. The van der Waals surface area contributed by atoms with Gasteiger partial charge in [0.1, 0.15) is 6.04 Å². The molecule has 1 fully saturated rings. The van der Waals surface area contributed by atoms with E-state index in [2.05, 4.69) is 27.1 Å². The Labute approximate surface area is 180 Å². The third kappa shape index (κ3) is 4.16. The highest BCUT2D eigenvalue weighted by molar-refractivity contribution is 6.33. The van der Waals surface area contributed by atoms with E-state index >= 15 is 0 Å². The van der Waals surface area contributed by atoms with Gasteiger partial charge in [-0.2, -0.15) is 0 Å². The van der Waals surface area contributed by atoms with Gasteiger partial charge in [-0.15, -0.1) is 0 Å². The fourth-order valence-corrected chi connectivity index (χ4v) is 4.27. The van der Waals surface area contributed by atoms with Crippen LogP contribution in [0.3, 0.4) is 0 Å². The van der Waals surface area contributed by atoms with E-state index in [1.165, 1.54) is 0 Å². The molecule has 0 radical (unpaired) electrons. The molecule has 30 heavy (non-hydrogen) atoms. The smallest absolute Gasteiger partial charge is 0.244 e. The number of carbonyl (C=O) groups excluding carboxylic acids is 1. The minimum atomic E-state index is -0.421. The topological polar surface area (TPSA) is 96.3 Å². The number of anilines is 1. The number of amides is 1. The number of fused-ring (bicyclic) bond motifs is 3. The highest BCUT2D eigenvalue weighted by Crippen LogP contribution is 2.33. The fraction of sp³-hybridized carbons (Fsp3) is 0.455. The van der Waals surface area contributed by atoms with E-state index in [4.69, 9.17) is 22.1 Å². The summed E-state index contributed by atoms with van der Waals surface area (Å²) in [6.07, 6.45) is 4.36. The van der Waals surface area contributed by atoms with Gasteiger partial charge >= 0.3 is 0 Å². The third-order valence-corrected chi connectivity index (χ3v) is 5.90. The first-order valence-corrected chi connectivity index (χ1v) is 10.6. The average molecular weight is 430 g/mol. The molecule has 3 heterocycles. The van der Waals surface area contributed by atoms with Crippen molar-refractivity contribution in [3.63, 3.8) is 0 Å². The summed E-state index contributed by atoms with van der Waals surface area (Å²) in [6, 6.07) is 5.18. The van der Waals surface area contributed by atoms with Crippen molar-refractivity contribution < 1.29 is 9.53 Å². The van der Waals surface area contributed by atoms with E-state index in [9.17, 15) is 4.79 Å². The number of hydrogen-bond acceptors (Lipinski definition) is 5. The number of morpholine rings is 1. The molecule has 4 N–H and O–H groups in total. The molecule has 3 aromatic rings. The Kier molecular flexibility index (Phi) is 5.72. The first-order chi connectivity index (χ1) is 14.3. The van der Waals surface area contributed by atoms with Crippen LogP contribution in [0.15, 0.2) is 30.6 Å². The van der Waals surface area contributed by atoms with Gasteiger partial charge in [-0.25, -0.2) is 0 Å². The van der Waals surface area contributed by atoms with Crippen molar-refractivity contribution in [3.8, 4) is 0 Å². The second-order valence-electron chi connectivity index (χ2n) is 8.60. The van der Waals surface area contributed by atoms with Crippen molar-refractivity contribution in [2.45, 2.75) is 44.9 Å². The van der Waals surface area contributed by atoms with Crippen LogP contribution in [0, 0.1) is 0 Å². The number of pyridine rings is 1. The second kappa shape index (κ2) is 8.15. The Bertz CT molecular complexity index is 1080. The van der Waals surface area contributed by atoms with Gasteiger partial charge in [0.2, 0.25) is 5.91 Å². The third-order valence-electron chi connectivity index (χ3n) is 5.68. The van der Waals surface area contributed by atoms with E-state index in [0.717, 1.165) is 28.2 Å². The Balaban J connectivity index is 1.64. The SMILES string of the molecule is CC[C@H](N)CN1CC(C)(C)OCC1C(=O)Nc1cc(Cl)cc2c1[nH]c1cnccc12. The lowest BCUT2D eigenvalue weighted by molar-refractivity contribution is -0.143. The molecule has 2 atom stereocenters. The normalized spacial score (nSPS) is 20.5. The van der Waals surface area contributed by atoms with Gasteiger partial charge in [-0.05, 0) is 38.5 Å². The van der Waals surface area contributed by atoms with E-state index < -0.39 is 6.04 Å². The van der Waals surface area contributed by atoms with Crippen LogP contribution in [0.4, 0.5) is 5.69 Å². The summed E-state index contributed by atoms with van der Waals surface area (Å²) in [5.41, 5.74) is 8.24. The number of hydrogen-bond donors (Lipinski definition) is 3. The lowest BCUT2D eigenvalue weighted by atomic mass is 10.0. The minimum absolute atomic E-state index is 0.00767. The highest BCUT2D eigenvalue weighted by atomic mass is 35.5. The molecule has 1 unspecified atom stereocenters. The standard InChI is InChI=1S/C22H28ClN5O2/c1-4-14(24)10-28-12-22(2,3)30-11-19(28)21(29)27-17-8-13(23)7-16-15-5-6-25-9-18(15)26-20(16)17/h5-9,14,19,26H,4,10-12,24H2,1-3H3,(H,27,29)/t14-,19?/m0/s1. The molecule has 1 aliphatic heterocycles. The maximum absolute atomic E-state index is 13.3. The minimum Gasteiger partial charge on any atom is -0.372 e. The summed E-state index contributed by atoms with van der Waals surface area (Å²) in [6.45, 7) is 7.72. The Hall–Kier alpha value is -2.19. The number of ether oxygens (including phenoxy) is 1. The molecule has 7 nitrogen and oxygen atoms in total. The number of nitrogens with one attached hydrogen (secondary N) is 2. The summed E-state index contributed by atoms with van der Waals surface area (Å²) in [4.78, 5) is 22.9. The number of aromatic amines is 1. The Morgan fingerprint density at radius 2 is 2.27 bits per heavy atom. The maximum Gasteiger partial charge on any atom is 0.244 e. The summed E-state index contributed by atoms with van der Waals surface area (Å²) in [5, 5.41) is 5.58. The van der Waals surface area contributed by atoms with E-state index in [1.54, 1.807) is 18.5 Å². The van der Waals surface area contributed by atoms with Crippen molar-refractivity contribution in [1.29, 1.82) is 0 Å². The number of H-pyrrole nitrogens is 1. The van der Waals surface area contributed by atoms with Crippen LogP contribution >= 0.6 is 11.6 Å². The summed E-state index contributed by atoms with van der Waals surface area (Å²) in [7, 11) is 0. The summed E-state index contributed by atoms with van der Waals surface area (Å²) >= 11 is 6.37. The van der Waals surface area contributed by atoms with E-state index in [1.807, 2.05) is 26.0 Å². The van der Waals surface area contributed by atoms with Gasteiger partial charge in [0.05, 0.1) is 35.1 Å². The number of aromatic nitrogens is 2. The van der Waals surface area contributed by atoms with Crippen LogP contribution in [0.1, 0.15) is 27.2 Å². The molecule has 1 saturated heterocycles. The molecule has 0 bridgehead atoms. The van der Waals surface area contributed by atoms with Gasteiger partial charge in [0.15, 0.2) is 0 Å². The molecular weight excluding hydrogens is 402 g/mol. The van der Waals surface area contributed by atoms with Crippen molar-refractivity contribution in [3.05, 3.63) is 35.6 Å². The number of nitrogens with two attached hydrogens (primary N) is 1. The Morgan fingerprint density at radius 1 is 1.47 bits per heavy atom. The molecule has 1 aromatic carbocycles. The Morgan fingerprint density at radius 3 is 3.03 bits per heavy atom. The molecule has 4 rings (SSSR count). The molecule has 1 aliphatic rings. The van der Waals surface area contributed by atoms with Crippen LogP contribution in [-0.4, -0.2) is 58.2 Å². The van der Waals surface area contributed by atoms with Gasteiger partial charge in [-0.3, -0.25) is 14.7 Å². The van der Waals surface area contributed by atoms with Crippen LogP contribution in [-0.2, 0) is 9.53 Å². The van der Waals surface area contributed by atoms with Gasteiger partial charge < -0.3 is 20.8 Å². The molecule has 1 amide bonds. The quantitative estimate of drug-likeness (QED) is 0.576. The monoisotopic (exact) mass is 429 g/mol. The van der Waals surface area contributed by atoms with Crippen LogP contribution < -0.4 is 11.1 Å². The first-order valence-electron chi connectivity index (χ1n) is 10.3. The molecule has 2 aromatic heterocycles. The lowest BCUT2D eigenvalue weighted by Gasteiger charge is -2.43. The summed E-state index contributed by atoms with van der Waals surface area (Å²) < 4.78 is 5.96. The molecular formula is C22H28ClN5O2.